The molecule has 0 amide bonds. The normalized spacial score (nSPS) is 25.1. The second-order valence-electron chi connectivity index (χ2n) is 7.35. The lowest BCUT2D eigenvalue weighted by Crippen LogP contribution is -2.50. The first kappa shape index (κ1) is 19.0. The van der Waals surface area contributed by atoms with Gasteiger partial charge in [-0.25, -0.2) is 8.42 Å². The van der Waals surface area contributed by atoms with E-state index < -0.39 is 10.0 Å². The number of rotatable bonds is 4. The SMILES string of the molecule is O=S(=O)(c1ccc2c(c1)OCCCO2)N1CCN(C[C@H]2CCCCO2)CC1. The molecule has 150 valence electrons. The number of benzene rings is 1. The highest BCUT2D eigenvalue weighted by Crippen LogP contribution is 2.33. The van der Waals surface area contributed by atoms with Crippen molar-refractivity contribution < 1.29 is 22.6 Å². The Morgan fingerprint density at radius 1 is 0.926 bits per heavy atom. The maximum atomic E-state index is 13.0. The van der Waals surface area contributed by atoms with Crippen molar-refractivity contribution in [3.05, 3.63) is 18.2 Å². The molecule has 0 spiro atoms. The van der Waals surface area contributed by atoms with Gasteiger partial charge in [-0.3, -0.25) is 4.90 Å². The van der Waals surface area contributed by atoms with Crippen LogP contribution in [-0.2, 0) is 14.8 Å². The highest BCUT2D eigenvalue weighted by Gasteiger charge is 2.30. The average Bonchev–Trinajstić information content (AvgIpc) is 2.94. The first-order valence-corrected chi connectivity index (χ1v) is 11.3. The fraction of sp³-hybridized carbons (Fsp3) is 0.684. The van der Waals surface area contributed by atoms with E-state index in [0.29, 0.717) is 43.9 Å². The molecule has 3 aliphatic heterocycles. The van der Waals surface area contributed by atoms with Crippen molar-refractivity contribution in [1.29, 1.82) is 0 Å². The minimum atomic E-state index is -3.52. The second kappa shape index (κ2) is 8.34. The molecule has 0 saturated carbocycles. The number of hydrogen-bond acceptors (Lipinski definition) is 6. The van der Waals surface area contributed by atoms with E-state index >= 15 is 0 Å². The van der Waals surface area contributed by atoms with Crippen molar-refractivity contribution in [2.24, 2.45) is 0 Å². The fourth-order valence-corrected chi connectivity index (χ4v) is 5.28. The van der Waals surface area contributed by atoms with E-state index in [0.717, 1.165) is 45.5 Å². The molecule has 1 aromatic rings. The summed E-state index contributed by atoms with van der Waals surface area (Å²) in [4.78, 5) is 2.59. The van der Waals surface area contributed by atoms with E-state index in [1.807, 2.05) is 0 Å². The molecule has 0 unspecified atom stereocenters. The molecule has 1 aromatic carbocycles. The molecule has 8 heteroatoms. The Morgan fingerprint density at radius 2 is 1.70 bits per heavy atom. The van der Waals surface area contributed by atoms with Crippen LogP contribution in [0.4, 0.5) is 0 Å². The van der Waals surface area contributed by atoms with Crippen LogP contribution in [0, 0.1) is 0 Å². The molecule has 3 aliphatic rings. The van der Waals surface area contributed by atoms with E-state index in [2.05, 4.69) is 4.90 Å². The number of ether oxygens (including phenoxy) is 3. The van der Waals surface area contributed by atoms with Crippen LogP contribution in [0.1, 0.15) is 25.7 Å². The van der Waals surface area contributed by atoms with Crippen molar-refractivity contribution in [3.63, 3.8) is 0 Å². The summed E-state index contributed by atoms with van der Waals surface area (Å²) in [5.74, 6) is 1.13. The third kappa shape index (κ3) is 4.39. The molecule has 7 nitrogen and oxygen atoms in total. The van der Waals surface area contributed by atoms with Gasteiger partial charge in [-0.15, -0.1) is 0 Å². The molecule has 0 bridgehead atoms. The highest BCUT2D eigenvalue weighted by atomic mass is 32.2. The van der Waals surface area contributed by atoms with Gasteiger partial charge in [0.25, 0.3) is 0 Å². The van der Waals surface area contributed by atoms with E-state index in [4.69, 9.17) is 14.2 Å². The summed E-state index contributed by atoms with van der Waals surface area (Å²) in [7, 11) is -3.52. The predicted molar refractivity (Wildman–Crippen MR) is 101 cm³/mol. The molecular formula is C19H28N2O5S. The zero-order chi connectivity index (χ0) is 18.7. The molecule has 2 fully saturated rings. The van der Waals surface area contributed by atoms with Crippen LogP contribution >= 0.6 is 0 Å². The second-order valence-corrected chi connectivity index (χ2v) is 9.29. The van der Waals surface area contributed by atoms with Gasteiger partial charge in [0.2, 0.25) is 10.0 Å². The molecule has 27 heavy (non-hydrogen) atoms. The molecule has 2 saturated heterocycles. The number of piperazine rings is 1. The summed E-state index contributed by atoms with van der Waals surface area (Å²) in [6.07, 6.45) is 4.57. The van der Waals surface area contributed by atoms with Gasteiger partial charge in [-0.2, -0.15) is 4.31 Å². The molecule has 0 N–H and O–H groups in total. The van der Waals surface area contributed by atoms with Gasteiger partial charge in [0.1, 0.15) is 0 Å². The summed E-state index contributed by atoms with van der Waals surface area (Å²) in [6.45, 7) is 5.37. The smallest absolute Gasteiger partial charge is 0.243 e. The third-order valence-electron chi connectivity index (χ3n) is 5.42. The van der Waals surface area contributed by atoms with Crippen molar-refractivity contribution >= 4 is 10.0 Å². The van der Waals surface area contributed by atoms with Crippen LogP contribution in [0.15, 0.2) is 23.1 Å². The Bertz CT molecular complexity index is 740. The first-order valence-electron chi connectivity index (χ1n) is 9.87. The summed E-state index contributed by atoms with van der Waals surface area (Å²) < 4.78 is 44.7. The van der Waals surface area contributed by atoms with Crippen molar-refractivity contribution in [3.8, 4) is 11.5 Å². The Hall–Kier alpha value is -1.35. The van der Waals surface area contributed by atoms with Gasteiger partial charge >= 0.3 is 0 Å². The van der Waals surface area contributed by atoms with Gasteiger partial charge in [-0.05, 0) is 31.4 Å². The quantitative estimate of drug-likeness (QED) is 0.772. The summed E-state index contributed by atoms with van der Waals surface area (Å²) in [5.41, 5.74) is 0. The van der Waals surface area contributed by atoms with Crippen LogP contribution in [-0.4, -0.2) is 76.3 Å². The van der Waals surface area contributed by atoms with Crippen molar-refractivity contribution in [2.75, 3.05) is 52.5 Å². The van der Waals surface area contributed by atoms with Crippen LogP contribution in [0.2, 0.25) is 0 Å². The fourth-order valence-electron chi connectivity index (χ4n) is 3.84. The topological polar surface area (TPSA) is 68.3 Å². The van der Waals surface area contributed by atoms with Gasteiger partial charge in [-0.1, -0.05) is 0 Å². The van der Waals surface area contributed by atoms with E-state index in [1.54, 1.807) is 22.5 Å². The molecule has 0 radical (unpaired) electrons. The zero-order valence-electron chi connectivity index (χ0n) is 15.6. The molecule has 4 rings (SSSR count). The predicted octanol–water partition coefficient (Wildman–Crippen LogP) is 1.72. The Balaban J connectivity index is 1.39. The maximum Gasteiger partial charge on any atom is 0.243 e. The highest BCUT2D eigenvalue weighted by molar-refractivity contribution is 7.89. The monoisotopic (exact) mass is 396 g/mol. The summed E-state index contributed by atoms with van der Waals surface area (Å²) in [6, 6.07) is 4.91. The summed E-state index contributed by atoms with van der Waals surface area (Å²) >= 11 is 0. The minimum Gasteiger partial charge on any atom is -0.490 e. The third-order valence-corrected chi connectivity index (χ3v) is 7.32. The number of fused-ring (bicyclic) bond motifs is 1. The lowest BCUT2D eigenvalue weighted by atomic mass is 10.1. The Labute approximate surface area is 161 Å². The Morgan fingerprint density at radius 3 is 2.44 bits per heavy atom. The minimum absolute atomic E-state index is 0.274. The van der Waals surface area contributed by atoms with Gasteiger partial charge in [0.15, 0.2) is 11.5 Å². The van der Waals surface area contributed by atoms with E-state index in [1.165, 1.54) is 6.42 Å². The van der Waals surface area contributed by atoms with Gasteiger partial charge < -0.3 is 14.2 Å². The maximum absolute atomic E-state index is 13.0. The van der Waals surface area contributed by atoms with Gasteiger partial charge in [0, 0.05) is 51.8 Å². The summed E-state index contributed by atoms with van der Waals surface area (Å²) in [5, 5.41) is 0. The molecule has 1 atom stereocenters. The van der Waals surface area contributed by atoms with E-state index in [-0.39, 0.29) is 4.90 Å². The first-order chi connectivity index (χ1) is 13.1. The van der Waals surface area contributed by atoms with Crippen molar-refractivity contribution in [1.82, 2.24) is 9.21 Å². The van der Waals surface area contributed by atoms with Gasteiger partial charge in [0.05, 0.1) is 24.2 Å². The molecule has 0 aromatic heterocycles. The number of hydrogen-bond donors (Lipinski definition) is 0. The molecule has 3 heterocycles. The number of sulfonamides is 1. The lowest BCUT2D eigenvalue weighted by molar-refractivity contribution is -0.0103. The Kier molecular flexibility index (Phi) is 5.87. The number of nitrogens with zero attached hydrogens (tertiary/aromatic N) is 2. The zero-order valence-corrected chi connectivity index (χ0v) is 16.5. The molecule has 0 aliphatic carbocycles. The molecular weight excluding hydrogens is 368 g/mol. The van der Waals surface area contributed by atoms with E-state index in [9.17, 15) is 8.42 Å². The van der Waals surface area contributed by atoms with Crippen LogP contribution in [0.25, 0.3) is 0 Å². The van der Waals surface area contributed by atoms with Crippen molar-refractivity contribution in [2.45, 2.75) is 36.7 Å². The average molecular weight is 397 g/mol. The lowest BCUT2D eigenvalue weighted by Gasteiger charge is -2.36. The largest absolute Gasteiger partial charge is 0.490 e. The van der Waals surface area contributed by atoms with Crippen LogP contribution in [0.3, 0.4) is 0 Å². The van der Waals surface area contributed by atoms with Crippen LogP contribution in [0.5, 0.6) is 11.5 Å². The van der Waals surface area contributed by atoms with Crippen LogP contribution < -0.4 is 9.47 Å². The standard InChI is InChI=1S/C19H28N2O5S/c22-27(23,17-5-6-18-19(14-17)26-13-3-12-25-18)21-9-7-20(8-10-21)15-16-4-1-2-11-24-16/h5-6,14,16H,1-4,7-13,15H2/t16-/m1/s1.